The van der Waals surface area contributed by atoms with E-state index in [0.717, 1.165) is 6.42 Å². The highest BCUT2D eigenvalue weighted by Crippen LogP contribution is 2.23. The third-order valence-corrected chi connectivity index (χ3v) is 2.96. The van der Waals surface area contributed by atoms with Gasteiger partial charge in [0.2, 0.25) is 0 Å². The minimum absolute atomic E-state index is 0.0492. The number of benzene rings is 1. The van der Waals surface area contributed by atoms with Gasteiger partial charge in [0, 0.05) is 5.56 Å². The van der Waals surface area contributed by atoms with Crippen LogP contribution in [0.5, 0.6) is 5.75 Å². The van der Waals surface area contributed by atoms with Crippen molar-refractivity contribution in [1.82, 2.24) is 5.32 Å². The summed E-state index contributed by atoms with van der Waals surface area (Å²) in [6.07, 6.45) is 1.95. The Bertz CT molecular complexity index is 476. The average Bonchev–Trinajstić information content (AvgIpc) is 2.37. The number of rotatable bonds is 6. The molecule has 104 valence electrons. The van der Waals surface area contributed by atoms with E-state index in [9.17, 15) is 14.7 Å². The van der Waals surface area contributed by atoms with Crippen molar-refractivity contribution in [2.75, 3.05) is 0 Å². The van der Waals surface area contributed by atoms with E-state index in [0.29, 0.717) is 12.8 Å². The molecule has 1 atom stereocenters. The van der Waals surface area contributed by atoms with Gasteiger partial charge in [-0.15, -0.1) is 0 Å². The van der Waals surface area contributed by atoms with Gasteiger partial charge in [0.15, 0.2) is 0 Å². The summed E-state index contributed by atoms with van der Waals surface area (Å²) in [6.45, 7) is 1.94. The Morgan fingerprint density at radius 2 is 2.11 bits per heavy atom. The third-order valence-electron chi connectivity index (χ3n) is 2.66. The summed E-state index contributed by atoms with van der Waals surface area (Å²) in [5.41, 5.74) is 0.213. The molecule has 0 fully saturated rings. The minimum atomic E-state index is -1.06. The number of nitrogens with one attached hydrogen (secondary N) is 1. The van der Waals surface area contributed by atoms with Crippen LogP contribution in [0, 0.1) is 0 Å². The smallest absolute Gasteiger partial charge is 0.326 e. The molecule has 5 nitrogen and oxygen atoms in total. The number of carboxylic acid groups (broad SMARTS) is 1. The Labute approximate surface area is 116 Å². The quantitative estimate of drug-likeness (QED) is 0.749. The number of unbranched alkanes of at least 4 members (excludes halogenated alkanes) is 1. The zero-order valence-corrected chi connectivity index (χ0v) is 11.3. The van der Waals surface area contributed by atoms with Crippen molar-refractivity contribution >= 4 is 23.5 Å². The largest absolute Gasteiger partial charge is 0.506 e. The van der Waals surface area contributed by atoms with Gasteiger partial charge < -0.3 is 15.5 Å². The zero-order chi connectivity index (χ0) is 14.4. The molecule has 0 saturated carbocycles. The van der Waals surface area contributed by atoms with Gasteiger partial charge >= 0.3 is 5.97 Å². The molecule has 1 aromatic rings. The molecule has 0 aliphatic carbocycles. The summed E-state index contributed by atoms with van der Waals surface area (Å²) in [5, 5.41) is 20.8. The molecular formula is C13H16ClNO4. The Hall–Kier alpha value is -1.75. The number of halogens is 1. The highest BCUT2D eigenvalue weighted by atomic mass is 35.5. The highest BCUT2D eigenvalue weighted by Gasteiger charge is 2.20. The first-order valence-electron chi connectivity index (χ1n) is 5.98. The predicted octanol–water partition coefficient (Wildman–Crippen LogP) is 2.42. The zero-order valence-electron chi connectivity index (χ0n) is 10.5. The number of aromatic hydroxyl groups is 1. The van der Waals surface area contributed by atoms with E-state index < -0.39 is 17.9 Å². The van der Waals surface area contributed by atoms with Crippen LogP contribution < -0.4 is 5.32 Å². The summed E-state index contributed by atoms with van der Waals surface area (Å²) in [4.78, 5) is 22.9. The van der Waals surface area contributed by atoms with Crippen LogP contribution >= 0.6 is 11.6 Å². The first-order valence-corrected chi connectivity index (χ1v) is 6.35. The standard InChI is InChI=1S/C13H16ClNO4/c1-2-3-4-10(13(18)19)15-12(17)8-5-6-11(16)9(14)7-8/h5-7,10,16H,2-4H2,1H3,(H,15,17)(H,18,19)/t10-/m0/s1. The van der Waals surface area contributed by atoms with Gasteiger partial charge in [-0.25, -0.2) is 4.79 Å². The molecule has 1 amide bonds. The molecule has 0 aliphatic rings. The number of phenols is 1. The molecule has 0 spiro atoms. The molecular weight excluding hydrogens is 270 g/mol. The van der Waals surface area contributed by atoms with Crippen molar-refractivity contribution < 1.29 is 19.8 Å². The molecule has 0 radical (unpaired) electrons. The van der Waals surface area contributed by atoms with Gasteiger partial charge in [-0.05, 0) is 24.6 Å². The van der Waals surface area contributed by atoms with Crippen LogP contribution in [0.3, 0.4) is 0 Å². The van der Waals surface area contributed by atoms with Gasteiger partial charge in [-0.2, -0.15) is 0 Å². The van der Waals surface area contributed by atoms with Crippen LogP contribution in [0.15, 0.2) is 18.2 Å². The van der Waals surface area contributed by atoms with Crippen LogP contribution in [0.4, 0.5) is 0 Å². The highest BCUT2D eigenvalue weighted by molar-refractivity contribution is 6.32. The van der Waals surface area contributed by atoms with E-state index in [2.05, 4.69) is 5.32 Å². The maximum atomic E-state index is 11.9. The Morgan fingerprint density at radius 3 is 2.63 bits per heavy atom. The fourth-order valence-corrected chi connectivity index (χ4v) is 1.74. The lowest BCUT2D eigenvalue weighted by Gasteiger charge is -2.14. The van der Waals surface area contributed by atoms with E-state index >= 15 is 0 Å². The molecule has 0 bridgehead atoms. The second-order valence-electron chi connectivity index (χ2n) is 4.17. The van der Waals surface area contributed by atoms with E-state index in [1.165, 1.54) is 18.2 Å². The summed E-state index contributed by atoms with van der Waals surface area (Å²) in [6, 6.07) is 3.05. The van der Waals surface area contributed by atoms with Gasteiger partial charge in [0.05, 0.1) is 5.02 Å². The molecule has 1 rings (SSSR count). The normalized spacial score (nSPS) is 11.9. The maximum absolute atomic E-state index is 11.9. The average molecular weight is 286 g/mol. The van der Waals surface area contributed by atoms with Crippen molar-refractivity contribution in [2.24, 2.45) is 0 Å². The van der Waals surface area contributed by atoms with Crippen LogP contribution in [0.25, 0.3) is 0 Å². The van der Waals surface area contributed by atoms with Crippen molar-refractivity contribution in [3.05, 3.63) is 28.8 Å². The minimum Gasteiger partial charge on any atom is -0.506 e. The predicted molar refractivity (Wildman–Crippen MR) is 71.5 cm³/mol. The monoisotopic (exact) mass is 285 g/mol. The molecule has 1 aromatic carbocycles. The molecule has 0 unspecified atom stereocenters. The summed E-state index contributed by atoms with van der Waals surface area (Å²) in [7, 11) is 0. The molecule has 3 N–H and O–H groups in total. The molecule has 0 saturated heterocycles. The Kier molecular flexibility index (Phi) is 5.63. The van der Waals surface area contributed by atoms with Crippen LogP contribution in [0.1, 0.15) is 36.5 Å². The van der Waals surface area contributed by atoms with Crippen molar-refractivity contribution in [3.8, 4) is 5.75 Å². The van der Waals surface area contributed by atoms with Crippen molar-refractivity contribution in [1.29, 1.82) is 0 Å². The Morgan fingerprint density at radius 1 is 1.42 bits per heavy atom. The van der Waals surface area contributed by atoms with Gasteiger partial charge in [0.1, 0.15) is 11.8 Å². The molecule has 0 heterocycles. The number of aliphatic carboxylic acids is 1. The van der Waals surface area contributed by atoms with Crippen molar-refractivity contribution in [2.45, 2.75) is 32.2 Å². The van der Waals surface area contributed by atoms with Crippen LogP contribution in [-0.4, -0.2) is 28.1 Å². The molecule has 0 aromatic heterocycles. The van der Waals surface area contributed by atoms with E-state index in [1.807, 2.05) is 6.92 Å². The van der Waals surface area contributed by atoms with Crippen LogP contribution in [0.2, 0.25) is 5.02 Å². The number of carbonyl (C=O) groups excluding carboxylic acids is 1. The number of hydrogen-bond donors (Lipinski definition) is 3. The molecule has 6 heteroatoms. The number of phenolic OH excluding ortho intramolecular Hbond substituents is 1. The molecule has 0 aliphatic heterocycles. The first kappa shape index (κ1) is 15.3. The van der Waals surface area contributed by atoms with Crippen LogP contribution in [-0.2, 0) is 4.79 Å². The van der Waals surface area contributed by atoms with Gasteiger partial charge in [0.25, 0.3) is 5.91 Å². The number of amides is 1. The van der Waals surface area contributed by atoms with Gasteiger partial charge in [-0.3, -0.25) is 4.79 Å². The van der Waals surface area contributed by atoms with E-state index in [4.69, 9.17) is 16.7 Å². The Balaban J connectivity index is 2.75. The second kappa shape index (κ2) is 6.99. The topological polar surface area (TPSA) is 86.6 Å². The summed E-state index contributed by atoms with van der Waals surface area (Å²) >= 11 is 5.69. The lowest BCUT2D eigenvalue weighted by atomic mass is 10.1. The number of carboxylic acids is 1. The summed E-state index contributed by atoms with van der Waals surface area (Å²) < 4.78 is 0. The van der Waals surface area contributed by atoms with E-state index in [1.54, 1.807) is 0 Å². The lowest BCUT2D eigenvalue weighted by molar-refractivity contribution is -0.139. The third kappa shape index (κ3) is 4.44. The fraction of sp³-hybridized carbons (Fsp3) is 0.385. The fourth-order valence-electron chi connectivity index (χ4n) is 1.56. The van der Waals surface area contributed by atoms with E-state index in [-0.39, 0.29) is 16.3 Å². The second-order valence-corrected chi connectivity index (χ2v) is 4.58. The number of carbonyl (C=O) groups is 2. The first-order chi connectivity index (χ1) is 8.95. The lowest BCUT2D eigenvalue weighted by Crippen LogP contribution is -2.40. The SMILES string of the molecule is CCCC[C@H](NC(=O)c1ccc(O)c(Cl)c1)C(=O)O. The van der Waals surface area contributed by atoms with Gasteiger partial charge in [-0.1, -0.05) is 31.4 Å². The summed E-state index contributed by atoms with van der Waals surface area (Å²) in [5.74, 6) is -1.71. The van der Waals surface area contributed by atoms with Crippen molar-refractivity contribution in [3.63, 3.8) is 0 Å². The molecule has 19 heavy (non-hydrogen) atoms. The number of hydrogen-bond acceptors (Lipinski definition) is 3. The maximum Gasteiger partial charge on any atom is 0.326 e.